The maximum absolute atomic E-state index is 12.5. The van der Waals surface area contributed by atoms with Gasteiger partial charge in [0.15, 0.2) is 0 Å². The molecule has 110 valence electrons. The van der Waals surface area contributed by atoms with Crippen LogP contribution in [-0.2, 0) is 9.59 Å². The highest BCUT2D eigenvalue weighted by molar-refractivity contribution is 6.31. The smallest absolute Gasteiger partial charge is 0.307 e. The van der Waals surface area contributed by atoms with Crippen molar-refractivity contribution in [2.24, 2.45) is 23.7 Å². The second kappa shape index (κ2) is 5.19. The minimum atomic E-state index is -0.894. The minimum absolute atomic E-state index is 0.0237. The summed E-state index contributed by atoms with van der Waals surface area (Å²) in [5.41, 5.74) is 1.54. The van der Waals surface area contributed by atoms with Gasteiger partial charge in [-0.1, -0.05) is 29.8 Å². The molecule has 4 nitrogen and oxygen atoms in total. The Morgan fingerprint density at radius 1 is 1.24 bits per heavy atom. The topological polar surface area (TPSA) is 66.4 Å². The zero-order chi connectivity index (χ0) is 15.1. The van der Waals surface area contributed by atoms with Gasteiger partial charge in [-0.2, -0.15) is 0 Å². The van der Waals surface area contributed by atoms with Crippen LogP contribution in [0.25, 0.3) is 0 Å². The molecular formula is C16H16ClNO3. The van der Waals surface area contributed by atoms with Crippen LogP contribution in [-0.4, -0.2) is 17.0 Å². The molecule has 0 aliphatic heterocycles. The van der Waals surface area contributed by atoms with E-state index in [2.05, 4.69) is 5.32 Å². The standard InChI is InChI=1S/C16H16ClNO3/c1-8-2-5-11(17)7-12(8)18-15(19)13-9-3-4-10(6-9)14(13)16(20)21/h2-5,7,9-10,13-14H,6H2,1H3,(H,18,19)(H,20,21)/t9?,10?,13-,14+/m0/s1. The average Bonchev–Trinajstić information content (AvgIpc) is 3.03. The van der Waals surface area contributed by atoms with Gasteiger partial charge in [-0.05, 0) is 42.9 Å². The van der Waals surface area contributed by atoms with Gasteiger partial charge in [-0.25, -0.2) is 0 Å². The van der Waals surface area contributed by atoms with Gasteiger partial charge in [0, 0.05) is 10.7 Å². The third kappa shape index (κ3) is 2.44. The summed E-state index contributed by atoms with van der Waals surface area (Å²) in [6, 6.07) is 5.27. The first-order valence-electron chi connectivity index (χ1n) is 6.95. The maximum atomic E-state index is 12.5. The SMILES string of the molecule is Cc1ccc(Cl)cc1NC(=O)[C@H]1C2C=CC(C2)[C@H]1C(=O)O. The van der Waals surface area contributed by atoms with E-state index >= 15 is 0 Å². The molecule has 0 heterocycles. The number of hydrogen-bond acceptors (Lipinski definition) is 2. The predicted octanol–water partition coefficient (Wildman–Crippen LogP) is 3.11. The number of fused-ring (bicyclic) bond motifs is 2. The Kier molecular flexibility index (Phi) is 3.49. The molecule has 4 atom stereocenters. The first-order valence-corrected chi connectivity index (χ1v) is 7.33. The first kappa shape index (κ1) is 14.1. The van der Waals surface area contributed by atoms with Gasteiger partial charge >= 0.3 is 5.97 Å². The predicted molar refractivity (Wildman–Crippen MR) is 80.2 cm³/mol. The number of nitrogens with one attached hydrogen (secondary N) is 1. The van der Waals surface area contributed by atoms with Crippen molar-refractivity contribution in [3.63, 3.8) is 0 Å². The van der Waals surface area contributed by atoms with E-state index in [1.807, 2.05) is 25.1 Å². The lowest BCUT2D eigenvalue weighted by Gasteiger charge is -2.24. The van der Waals surface area contributed by atoms with Gasteiger partial charge < -0.3 is 10.4 Å². The molecule has 3 rings (SSSR count). The number of carboxylic acid groups (broad SMARTS) is 1. The van der Waals surface area contributed by atoms with Gasteiger partial charge in [0.1, 0.15) is 0 Å². The van der Waals surface area contributed by atoms with Crippen molar-refractivity contribution >= 4 is 29.2 Å². The fourth-order valence-electron chi connectivity index (χ4n) is 3.46. The highest BCUT2D eigenvalue weighted by atomic mass is 35.5. The van der Waals surface area contributed by atoms with Crippen LogP contribution >= 0.6 is 11.6 Å². The highest BCUT2D eigenvalue weighted by Gasteiger charge is 2.51. The van der Waals surface area contributed by atoms with Crippen LogP contribution in [0.5, 0.6) is 0 Å². The molecule has 1 fully saturated rings. The van der Waals surface area contributed by atoms with Crippen LogP contribution in [0.2, 0.25) is 5.02 Å². The molecule has 2 unspecified atom stereocenters. The zero-order valence-corrected chi connectivity index (χ0v) is 12.3. The summed E-state index contributed by atoms with van der Waals surface area (Å²) in [6.07, 6.45) is 4.65. The van der Waals surface area contributed by atoms with E-state index in [1.54, 1.807) is 12.1 Å². The van der Waals surface area contributed by atoms with Crippen LogP contribution in [0.1, 0.15) is 12.0 Å². The summed E-state index contributed by atoms with van der Waals surface area (Å²) in [5, 5.41) is 12.8. The van der Waals surface area contributed by atoms with Gasteiger partial charge in [0.2, 0.25) is 5.91 Å². The number of carbonyl (C=O) groups excluding carboxylic acids is 1. The summed E-state index contributed by atoms with van der Waals surface area (Å²) in [4.78, 5) is 24.0. The van der Waals surface area contributed by atoms with Crippen molar-refractivity contribution in [3.8, 4) is 0 Å². The monoisotopic (exact) mass is 305 g/mol. The maximum Gasteiger partial charge on any atom is 0.307 e. The number of carboxylic acids is 1. The Hall–Kier alpha value is -1.81. The summed E-state index contributed by atoms with van der Waals surface area (Å²) < 4.78 is 0. The number of rotatable bonds is 3. The van der Waals surface area contributed by atoms with E-state index in [0.29, 0.717) is 10.7 Å². The fourth-order valence-corrected chi connectivity index (χ4v) is 3.63. The highest BCUT2D eigenvalue weighted by Crippen LogP contribution is 2.48. The van der Waals surface area contributed by atoms with E-state index in [1.165, 1.54) is 0 Å². The van der Waals surface area contributed by atoms with Crippen LogP contribution in [0.3, 0.4) is 0 Å². The molecular weight excluding hydrogens is 290 g/mol. The molecule has 2 aliphatic rings. The van der Waals surface area contributed by atoms with Crippen molar-refractivity contribution in [1.29, 1.82) is 0 Å². The summed E-state index contributed by atoms with van der Waals surface area (Å²) in [6.45, 7) is 1.88. The number of halogens is 1. The number of anilines is 1. The number of aliphatic carboxylic acids is 1. The molecule has 21 heavy (non-hydrogen) atoms. The Bertz CT molecular complexity index is 640. The fraction of sp³-hybridized carbons (Fsp3) is 0.375. The number of amides is 1. The average molecular weight is 306 g/mol. The third-order valence-corrected chi connectivity index (χ3v) is 4.74. The van der Waals surface area contributed by atoms with E-state index in [9.17, 15) is 14.7 Å². The van der Waals surface area contributed by atoms with Crippen molar-refractivity contribution in [2.45, 2.75) is 13.3 Å². The van der Waals surface area contributed by atoms with Crippen LogP contribution < -0.4 is 5.32 Å². The number of aryl methyl sites for hydroxylation is 1. The summed E-state index contributed by atoms with van der Waals surface area (Å²) in [7, 11) is 0. The van der Waals surface area contributed by atoms with Crippen molar-refractivity contribution in [3.05, 3.63) is 40.9 Å². The third-order valence-electron chi connectivity index (χ3n) is 4.50. The molecule has 1 saturated carbocycles. The van der Waals surface area contributed by atoms with Gasteiger partial charge in [0.25, 0.3) is 0 Å². The lowest BCUT2D eigenvalue weighted by atomic mass is 9.82. The quantitative estimate of drug-likeness (QED) is 0.843. The Labute approximate surface area is 127 Å². The molecule has 0 spiro atoms. The first-order chi connectivity index (χ1) is 9.97. The number of allylic oxidation sites excluding steroid dienone is 2. The van der Waals surface area contributed by atoms with Gasteiger partial charge in [-0.15, -0.1) is 0 Å². The summed E-state index contributed by atoms with van der Waals surface area (Å²) in [5.74, 6) is -2.26. The molecule has 1 aromatic rings. The number of benzene rings is 1. The number of carbonyl (C=O) groups is 2. The van der Waals surface area contributed by atoms with E-state index in [4.69, 9.17) is 11.6 Å². The Morgan fingerprint density at radius 3 is 2.57 bits per heavy atom. The van der Waals surface area contributed by atoms with Crippen molar-refractivity contribution < 1.29 is 14.7 Å². The zero-order valence-electron chi connectivity index (χ0n) is 11.5. The van der Waals surface area contributed by atoms with Crippen LogP contribution in [0.4, 0.5) is 5.69 Å². The molecule has 0 saturated heterocycles. The molecule has 2 N–H and O–H groups in total. The van der Waals surface area contributed by atoms with E-state index in [0.717, 1.165) is 12.0 Å². The van der Waals surface area contributed by atoms with Gasteiger partial charge in [-0.3, -0.25) is 9.59 Å². The lowest BCUT2D eigenvalue weighted by Crippen LogP contribution is -2.36. The molecule has 2 bridgehead atoms. The van der Waals surface area contributed by atoms with Gasteiger partial charge in [0.05, 0.1) is 11.8 Å². The van der Waals surface area contributed by atoms with E-state index in [-0.39, 0.29) is 17.7 Å². The van der Waals surface area contributed by atoms with Crippen LogP contribution in [0, 0.1) is 30.6 Å². The largest absolute Gasteiger partial charge is 0.481 e. The normalized spacial score (nSPS) is 29.6. The molecule has 0 aromatic heterocycles. The Morgan fingerprint density at radius 2 is 1.90 bits per heavy atom. The molecule has 1 aromatic carbocycles. The number of hydrogen-bond donors (Lipinski definition) is 2. The molecule has 2 aliphatic carbocycles. The van der Waals surface area contributed by atoms with Crippen molar-refractivity contribution in [2.75, 3.05) is 5.32 Å². The van der Waals surface area contributed by atoms with Crippen LogP contribution in [0.15, 0.2) is 30.4 Å². The second-order valence-corrected chi connectivity index (χ2v) is 6.22. The molecule has 5 heteroatoms. The van der Waals surface area contributed by atoms with Crippen molar-refractivity contribution in [1.82, 2.24) is 0 Å². The minimum Gasteiger partial charge on any atom is -0.481 e. The molecule has 1 amide bonds. The summed E-state index contributed by atoms with van der Waals surface area (Å²) >= 11 is 5.95. The lowest BCUT2D eigenvalue weighted by molar-refractivity contribution is -0.146. The molecule has 0 radical (unpaired) electrons. The Balaban J connectivity index is 1.83. The van der Waals surface area contributed by atoms with E-state index < -0.39 is 17.8 Å². The second-order valence-electron chi connectivity index (χ2n) is 5.79.